The first-order chi connectivity index (χ1) is 8.02. The highest BCUT2D eigenvalue weighted by Gasteiger charge is 2.15. The van der Waals surface area contributed by atoms with Gasteiger partial charge in [-0.15, -0.1) is 0 Å². The number of aryl methyl sites for hydroxylation is 1. The molecule has 1 aromatic heterocycles. The van der Waals surface area contributed by atoms with Crippen molar-refractivity contribution in [2.24, 2.45) is 7.05 Å². The van der Waals surface area contributed by atoms with E-state index in [4.69, 9.17) is 10.5 Å². The second kappa shape index (κ2) is 3.97. The molecule has 0 aliphatic carbocycles. The van der Waals surface area contributed by atoms with Gasteiger partial charge in [-0.05, 0) is 6.07 Å². The molecule has 2 aromatic rings. The molecule has 0 aliphatic heterocycles. The van der Waals surface area contributed by atoms with Crippen LogP contribution in [0.1, 0.15) is 0 Å². The van der Waals surface area contributed by atoms with Crippen LogP contribution in [0, 0.1) is 5.82 Å². The first-order valence-electron chi connectivity index (χ1n) is 4.89. The Balaban J connectivity index is 2.61. The van der Waals surface area contributed by atoms with Crippen LogP contribution < -0.4 is 10.5 Å². The molecule has 0 fully saturated rings. The molecule has 1 heterocycles. The molecule has 6 heteroatoms. The van der Waals surface area contributed by atoms with Crippen molar-refractivity contribution in [3.8, 4) is 22.8 Å². The fourth-order valence-electron chi connectivity index (χ4n) is 1.50. The number of halogens is 1. The normalized spacial score (nSPS) is 10.5. The Morgan fingerprint density at radius 2 is 2.12 bits per heavy atom. The molecule has 5 nitrogen and oxygen atoms in total. The van der Waals surface area contributed by atoms with Gasteiger partial charge in [-0.2, -0.15) is 5.10 Å². The van der Waals surface area contributed by atoms with E-state index in [9.17, 15) is 9.50 Å². The van der Waals surface area contributed by atoms with Crippen LogP contribution in [0.3, 0.4) is 0 Å². The Kier molecular flexibility index (Phi) is 2.63. The molecular weight excluding hydrogens is 225 g/mol. The molecule has 0 unspecified atom stereocenters. The fourth-order valence-corrected chi connectivity index (χ4v) is 1.50. The van der Waals surface area contributed by atoms with Crippen LogP contribution in [0.4, 0.5) is 10.2 Å². The number of rotatable bonds is 2. The van der Waals surface area contributed by atoms with Crippen molar-refractivity contribution in [1.82, 2.24) is 9.78 Å². The fraction of sp³-hybridized carbons (Fsp3) is 0.182. The number of anilines is 1. The molecule has 0 saturated carbocycles. The zero-order valence-corrected chi connectivity index (χ0v) is 9.44. The Morgan fingerprint density at radius 1 is 1.41 bits per heavy atom. The van der Waals surface area contributed by atoms with Crippen molar-refractivity contribution in [3.05, 3.63) is 24.0 Å². The molecule has 90 valence electrons. The second-order valence-corrected chi connectivity index (χ2v) is 3.59. The van der Waals surface area contributed by atoms with E-state index in [2.05, 4.69) is 5.10 Å². The highest BCUT2D eigenvalue weighted by atomic mass is 19.1. The van der Waals surface area contributed by atoms with E-state index in [0.29, 0.717) is 17.3 Å². The van der Waals surface area contributed by atoms with E-state index in [1.54, 1.807) is 7.05 Å². The molecule has 2 rings (SSSR count). The summed E-state index contributed by atoms with van der Waals surface area (Å²) in [6, 6.07) is 4.18. The molecule has 0 atom stereocenters. The third kappa shape index (κ3) is 1.89. The van der Waals surface area contributed by atoms with Gasteiger partial charge in [-0.1, -0.05) is 0 Å². The second-order valence-electron chi connectivity index (χ2n) is 3.59. The van der Waals surface area contributed by atoms with Gasteiger partial charge in [0.05, 0.1) is 12.8 Å². The number of benzene rings is 1. The highest BCUT2D eigenvalue weighted by molar-refractivity contribution is 5.67. The molecule has 3 N–H and O–H groups in total. The lowest BCUT2D eigenvalue weighted by molar-refractivity contribution is 0.398. The van der Waals surface area contributed by atoms with Crippen molar-refractivity contribution in [3.63, 3.8) is 0 Å². The van der Waals surface area contributed by atoms with Gasteiger partial charge in [0.2, 0.25) is 0 Å². The number of aromatic nitrogens is 2. The molecule has 1 aromatic carbocycles. The smallest absolute Gasteiger partial charge is 0.174 e. The lowest BCUT2D eigenvalue weighted by atomic mass is 10.1. The summed E-state index contributed by atoms with van der Waals surface area (Å²) in [5.74, 6) is -0.475. The average Bonchev–Trinajstić information content (AvgIpc) is 2.62. The Morgan fingerprint density at radius 3 is 2.65 bits per heavy atom. The van der Waals surface area contributed by atoms with Gasteiger partial charge in [-0.25, -0.2) is 4.39 Å². The summed E-state index contributed by atoms with van der Waals surface area (Å²) < 4.78 is 20.1. The van der Waals surface area contributed by atoms with Gasteiger partial charge >= 0.3 is 0 Å². The minimum Gasteiger partial charge on any atom is -0.505 e. The lowest BCUT2D eigenvalue weighted by Gasteiger charge is -2.05. The van der Waals surface area contributed by atoms with E-state index in [0.717, 1.165) is 0 Å². The van der Waals surface area contributed by atoms with Crippen molar-refractivity contribution in [2.75, 3.05) is 12.8 Å². The molecule has 0 saturated heterocycles. The molecule has 0 spiro atoms. The quantitative estimate of drug-likeness (QED) is 0.830. The maximum Gasteiger partial charge on any atom is 0.174 e. The summed E-state index contributed by atoms with van der Waals surface area (Å²) in [4.78, 5) is 0. The highest BCUT2D eigenvalue weighted by Crippen LogP contribution is 2.33. The maximum atomic E-state index is 13.7. The van der Waals surface area contributed by atoms with E-state index in [1.807, 2.05) is 0 Å². The zero-order chi connectivity index (χ0) is 12.6. The third-order valence-corrected chi connectivity index (χ3v) is 2.45. The van der Waals surface area contributed by atoms with Crippen LogP contribution >= 0.6 is 0 Å². The summed E-state index contributed by atoms with van der Waals surface area (Å²) in [5.41, 5.74) is 6.11. The van der Waals surface area contributed by atoms with Gasteiger partial charge in [0.25, 0.3) is 0 Å². The van der Waals surface area contributed by atoms with Gasteiger partial charge in [0.1, 0.15) is 11.6 Å². The first kappa shape index (κ1) is 11.3. The topological polar surface area (TPSA) is 73.3 Å². The van der Waals surface area contributed by atoms with Crippen molar-refractivity contribution in [2.45, 2.75) is 0 Å². The summed E-state index contributed by atoms with van der Waals surface area (Å²) in [6.07, 6.45) is 0. The molecule has 0 bridgehead atoms. The van der Waals surface area contributed by atoms with Crippen LogP contribution in [-0.2, 0) is 7.05 Å². The average molecular weight is 237 g/mol. The van der Waals surface area contributed by atoms with Crippen LogP contribution in [0.15, 0.2) is 18.2 Å². The van der Waals surface area contributed by atoms with Crippen LogP contribution in [-0.4, -0.2) is 22.0 Å². The standard InChI is InChI=1S/C11H12FN3O2/c1-15-10(13)5-8(14-15)7-3-6(17-2)4-9(16)11(7)12/h3-5,16H,13H2,1-2H3. The minimum atomic E-state index is -0.746. The number of nitrogen functional groups attached to an aromatic ring is 1. The largest absolute Gasteiger partial charge is 0.505 e. The monoisotopic (exact) mass is 237 g/mol. The molecule has 0 amide bonds. The summed E-state index contributed by atoms with van der Waals surface area (Å²) in [5, 5.41) is 13.5. The first-order valence-corrected chi connectivity index (χ1v) is 4.89. The number of hydrogen-bond acceptors (Lipinski definition) is 4. The Bertz CT molecular complexity index is 547. The van der Waals surface area contributed by atoms with Gasteiger partial charge in [0, 0.05) is 24.7 Å². The molecule has 0 aliphatic rings. The van der Waals surface area contributed by atoms with Crippen LogP contribution in [0.5, 0.6) is 11.5 Å². The van der Waals surface area contributed by atoms with E-state index in [1.165, 1.54) is 30.0 Å². The number of methoxy groups -OCH3 is 1. The van der Waals surface area contributed by atoms with Gasteiger partial charge in [0.15, 0.2) is 11.6 Å². The van der Waals surface area contributed by atoms with E-state index in [-0.39, 0.29) is 5.56 Å². The lowest BCUT2D eigenvalue weighted by Crippen LogP contribution is -1.96. The number of aromatic hydroxyl groups is 1. The van der Waals surface area contributed by atoms with E-state index < -0.39 is 11.6 Å². The zero-order valence-electron chi connectivity index (χ0n) is 9.44. The van der Waals surface area contributed by atoms with Crippen molar-refractivity contribution in [1.29, 1.82) is 0 Å². The van der Waals surface area contributed by atoms with Crippen LogP contribution in [0.2, 0.25) is 0 Å². The maximum absolute atomic E-state index is 13.7. The van der Waals surface area contributed by atoms with Gasteiger partial charge < -0.3 is 15.6 Å². The van der Waals surface area contributed by atoms with Crippen molar-refractivity contribution >= 4 is 5.82 Å². The SMILES string of the molecule is COc1cc(O)c(F)c(-c2cc(N)n(C)n2)c1. The summed E-state index contributed by atoms with van der Waals surface area (Å²) in [7, 11) is 3.08. The third-order valence-electron chi connectivity index (χ3n) is 2.45. The summed E-state index contributed by atoms with van der Waals surface area (Å²) >= 11 is 0. The predicted molar refractivity (Wildman–Crippen MR) is 61.2 cm³/mol. The van der Waals surface area contributed by atoms with Crippen LogP contribution in [0.25, 0.3) is 11.3 Å². The number of phenolic OH excluding ortho intramolecular Hbond substituents is 1. The number of hydrogen-bond donors (Lipinski definition) is 2. The predicted octanol–water partition coefficient (Wildman–Crippen LogP) is 1.52. The Hall–Kier alpha value is -2.24. The van der Waals surface area contributed by atoms with E-state index >= 15 is 0 Å². The van der Waals surface area contributed by atoms with Crippen molar-refractivity contribution < 1.29 is 14.2 Å². The number of phenols is 1. The number of nitrogens with zero attached hydrogens (tertiary/aromatic N) is 2. The molecule has 17 heavy (non-hydrogen) atoms. The summed E-state index contributed by atoms with van der Waals surface area (Å²) in [6.45, 7) is 0. The molecule has 0 radical (unpaired) electrons. The Labute approximate surface area is 97.2 Å². The number of nitrogens with two attached hydrogens (primary N) is 1. The van der Waals surface area contributed by atoms with Gasteiger partial charge in [-0.3, -0.25) is 4.68 Å². The molecular formula is C11H12FN3O2. The number of ether oxygens (including phenoxy) is 1. The minimum absolute atomic E-state index is 0.147.